The Labute approximate surface area is 135 Å². The second kappa shape index (κ2) is 8.03. The van der Waals surface area contributed by atoms with Crippen LogP contribution >= 0.6 is 0 Å². The van der Waals surface area contributed by atoms with Gasteiger partial charge in [-0.1, -0.05) is 60.7 Å². The van der Waals surface area contributed by atoms with Crippen LogP contribution in [0.5, 0.6) is 0 Å². The average molecular weight is 310 g/mol. The van der Waals surface area contributed by atoms with E-state index in [0.29, 0.717) is 11.1 Å². The molecule has 0 aliphatic carbocycles. The summed E-state index contributed by atoms with van der Waals surface area (Å²) in [6, 6.07) is 17.6. The molecule has 0 radical (unpaired) electrons. The standard InChI is InChI=1S/C19H18O4/c1-2-23-19(22)18(21)16(14-9-5-3-6-10-14)13-17(20)15-11-7-4-8-12-15/h3-12,16H,2,13H2,1H3/t16-/m1/s1. The van der Waals surface area contributed by atoms with E-state index >= 15 is 0 Å². The van der Waals surface area contributed by atoms with Crippen molar-refractivity contribution in [1.82, 2.24) is 0 Å². The lowest BCUT2D eigenvalue weighted by Crippen LogP contribution is -2.26. The third-order valence-electron chi connectivity index (χ3n) is 3.48. The van der Waals surface area contributed by atoms with Crippen molar-refractivity contribution in [1.29, 1.82) is 0 Å². The molecule has 0 unspecified atom stereocenters. The largest absolute Gasteiger partial charge is 0.460 e. The molecule has 4 heteroatoms. The molecule has 2 aromatic rings. The van der Waals surface area contributed by atoms with Crippen molar-refractivity contribution in [2.75, 3.05) is 6.61 Å². The average Bonchev–Trinajstić information content (AvgIpc) is 2.60. The second-order valence-electron chi connectivity index (χ2n) is 5.04. The van der Waals surface area contributed by atoms with Gasteiger partial charge in [0, 0.05) is 12.0 Å². The SMILES string of the molecule is CCOC(=O)C(=O)[C@H](CC(=O)c1ccccc1)c1ccccc1. The van der Waals surface area contributed by atoms with Crippen molar-refractivity contribution in [3.05, 3.63) is 71.8 Å². The van der Waals surface area contributed by atoms with Gasteiger partial charge in [0.25, 0.3) is 0 Å². The molecule has 2 rings (SSSR count). The molecular weight excluding hydrogens is 292 g/mol. The minimum absolute atomic E-state index is 0.0638. The summed E-state index contributed by atoms with van der Waals surface area (Å²) in [7, 11) is 0. The van der Waals surface area contributed by atoms with Crippen LogP contribution in [0.1, 0.15) is 35.2 Å². The van der Waals surface area contributed by atoms with Crippen LogP contribution in [0.3, 0.4) is 0 Å². The minimum Gasteiger partial charge on any atom is -0.460 e. The van der Waals surface area contributed by atoms with Crippen LogP contribution in [-0.4, -0.2) is 24.1 Å². The normalized spacial score (nSPS) is 11.5. The molecule has 118 valence electrons. The van der Waals surface area contributed by atoms with Crippen LogP contribution in [0, 0.1) is 0 Å². The molecule has 23 heavy (non-hydrogen) atoms. The molecule has 1 atom stereocenters. The number of esters is 1. The Balaban J connectivity index is 2.25. The molecule has 0 aliphatic rings. The van der Waals surface area contributed by atoms with E-state index in [2.05, 4.69) is 0 Å². The predicted molar refractivity (Wildman–Crippen MR) is 86.2 cm³/mol. The fourth-order valence-electron chi connectivity index (χ4n) is 2.32. The van der Waals surface area contributed by atoms with Crippen molar-refractivity contribution in [3.8, 4) is 0 Å². The number of ether oxygens (including phenoxy) is 1. The summed E-state index contributed by atoms with van der Waals surface area (Å²) in [6.07, 6.45) is -0.0638. The fourth-order valence-corrected chi connectivity index (χ4v) is 2.32. The van der Waals surface area contributed by atoms with E-state index in [1.807, 2.05) is 12.1 Å². The molecule has 0 aromatic heterocycles. The molecule has 0 aliphatic heterocycles. The molecule has 0 saturated carbocycles. The van der Waals surface area contributed by atoms with Gasteiger partial charge in [-0.2, -0.15) is 0 Å². The smallest absolute Gasteiger partial charge is 0.375 e. The van der Waals surface area contributed by atoms with Crippen LogP contribution in [0.15, 0.2) is 60.7 Å². The zero-order valence-corrected chi connectivity index (χ0v) is 12.9. The maximum absolute atomic E-state index is 12.4. The summed E-state index contributed by atoms with van der Waals surface area (Å²) in [5, 5.41) is 0. The van der Waals surface area contributed by atoms with Crippen LogP contribution in [0.4, 0.5) is 0 Å². The highest BCUT2D eigenvalue weighted by Crippen LogP contribution is 2.23. The van der Waals surface area contributed by atoms with E-state index in [9.17, 15) is 14.4 Å². The Morgan fingerprint density at radius 3 is 2.04 bits per heavy atom. The lowest BCUT2D eigenvalue weighted by atomic mass is 9.88. The first-order chi connectivity index (χ1) is 11.1. The molecular formula is C19H18O4. The minimum atomic E-state index is -0.901. The maximum Gasteiger partial charge on any atom is 0.375 e. The van der Waals surface area contributed by atoms with Crippen molar-refractivity contribution in [2.24, 2.45) is 0 Å². The lowest BCUT2D eigenvalue weighted by molar-refractivity contribution is -0.154. The monoisotopic (exact) mass is 310 g/mol. The molecule has 0 saturated heterocycles. The number of ketones is 2. The van der Waals surface area contributed by atoms with Gasteiger partial charge >= 0.3 is 5.97 Å². The van der Waals surface area contributed by atoms with Gasteiger partial charge in [0.1, 0.15) is 0 Å². The summed E-state index contributed by atoms with van der Waals surface area (Å²) in [6.45, 7) is 1.76. The first-order valence-electron chi connectivity index (χ1n) is 7.47. The van der Waals surface area contributed by atoms with Gasteiger partial charge in [-0.05, 0) is 12.5 Å². The number of carbonyl (C=O) groups excluding carboxylic acids is 3. The summed E-state index contributed by atoms with van der Waals surface area (Å²) in [4.78, 5) is 36.6. The number of rotatable bonds is 7. The first-order valence-corrected chi connectivity index (χ1v) is 7.47. The number of benzene rings is 2. The van der Waals surface area contributed by atoms with E-state index in [-0.39, 0.29) is 18.8 Å². The Morgan fingerprint density at radius 2 is 1.48 bits per heavy atom. The lowest BCUT2D eigenvalue weighted by Gasteiger charge is -2.14. The van der Waals surface area contributed by atoms with E-state index in [0.717, 1.165) is 0 Å². The number of carbonyl (C=O) groups is 3. The van der Waals surface area contributed by atoms with Crippen LogP contribution in [0.25, 0.3) is 0 Å². The van der Waals surface area contributed by atoms with E-state index in [1.54, 1.807) is 55.5 Å². The van der Waals surface area contributed by atoms with E-state index in [1.165, 1.54) is 0 Å². The highest BCUT2D eigenvalue weighted by molar-refractivity contribution is 6.36. The van der Waals surface area contributed by atoms with Gasteiger partial charge in [0.2, 0.25) is 5.78 Å². The van der Waals surface area contributed by atoms with Gasteiger partial charge in [0.05, 0.1) is 12.5 Å². The van der Waals surface area contributed by atoms with Crippen LogP contribution in [0.2, 0.25) is 0 Å². The molecule has 0 heterocycles. The number of hydrogen-bond acceptors (Lipinski definition) is 4. The van der Waals surface area contributed by atoms with Gasteiger partial charge < -0.3 is 4.74 Å². The summed E-state index contributed by atoms with van der Waals surface area (Å²) in [5.41, 5.74) is 1.15. The van der Waals surface area contributed by atoms with E-state index in [4.69, 9.17) is 4.74 Å². The highest BCUT2D eigenvalue weighted by atomic mass is 16.5. The third kappa shape index (κ3) is 4.36. The predicted octanol–water partition coefficient (Wildman–Crippen LogP) is 3.18. The van der Waals surface area contributed by atoms with Crippen molar-refractivity contribution in [2.45, 2.75) is 19.3 Å². The quantitative estimate of drug-likeness (QED) is 0.448. The third-order valence-corrected chi connectivity index (χ3v) is 3.48. The molecule has 0 bridgehead atoms. The van der Waals surface area contributed by atoms with E-state index < -0.39 is 17.7 Å². The molecule has 0 spiro atoms. The Hall–Kier alpha value is -2.75. The van der Waals surface area contributed by atoms with Gasteiger partial charge in [-0.3, -0.25) is 9.59 Å². The van der Waals surface area contributed by atoms with Gasteiger partial charge in [-0.25, -0.2) is 4.79 Å². The second-order valence-corrected chi connectivity index (χ2v) is 5.04. The highest BCUT2D eigenvalue weighted by Gasteiger charge is 2.30. The molecule has 2 aromatic carbocycles. The van der Waals surface area contributed by atoms with Crippen molar-refractivity contribution < 1.29 is 19.1 Å². The van der Waals surface area contributed by atoms with Crippen molar-refractivity contribution in [3.63, 3.8) is 0 Å². The number of Topliss-reactive ketones (excluding diaryl/α,β-unsaturated/α-hetero) is 2. The topological polar surface area (TPSA) is 60.4 Å². The number of hydrogen-bond donors (Lipinski definition) is 0. The zero-order valence-electron chi connectivity index (χ0n) is 12.9. The molecule has 0 fully saturated rings. The molecule has 0 amide bonds. The Bertz CT molecular complexity index is 677. The summed E-state index contributed by atoms with van der Waals surface area (Å²) in [5.74, 6) is -2.61. The Kier molecular flexibility index (Phi) is 5.80. The summed E-state index contributed by atoms with van der Waals surface area (Å²) < 4.78 is 4.79. The van der Waals surface area contributed by atoms with Gasteiger partial charge in [-0.15, -0.1) is 0 Å². The van der Waals surface area contributed by atoms with Crippen LogP contribution in [-0.2, 0) is 14.3 Å². The zero-order chi connectivity index (χ0) is 16.7. The first kappa shape index (κ1) is 16.6. The van der Waals surface area contributed by atoms with Crippen molar-refractivity contribution >= 4 is 17.5 Å². The fraction of sp³-hybridized carbons (Fsp3) is 0.211. The Morgan fingerprint density at radius 1 is 0.913 bits per heavy atom. The van der Waals surface area contributed by atoms with Gasteiger partial charge in [0.15, 0.2) is 5.78 Å². The summed E-state index contributed by atoms with van der Waals surface area (Å²) >= 11 is 0. The molecule has 0 N–H and O–H groups in total. The maximum atomic E-state index is 12.4. The molecule has 4 nitrogen and oxygen atoms in total. The van der Waals surface area contributed by atoms with Crippen LogP contribution < -0.4 is 0 Å².